The van der Waals surface area contributed by atoms with Gasteiger partial charge in [-0.05, 0) is 36.8 Å². The molecule has 4 nitrogen and oxygen atoms in total. The minimum atomic E-state index is -0.449. The Labute approximate surface area is 134 Å². The van der Waals surface area contributed by atoms with E-state index in [0.717, 1.165) is 12.1 Å². The van der Waals surface area contributed by atoms with Gasteiger partial charge in [0, 0.05) is 34.4 Å². The Morgan fingerprint density at radius 2 is 1.96 bits per heavy atom. The number of carbonyl (C=O) groups is 1. The standard InChI is InChI=1S/C19H19NO3/c1-2-20-17-6-4-3-5-15(17)16-13-14(7-9-18(16)20)8-10-19(22)23-12-11-21/h3-10,13,21H,2,11-12H2,1H3. The quantitative estimate of drug-likeness (QED) is 0.581. The van der Waals surface area contributed by atoms with Crippen LogP contribution in [0.1, 0.15) is 12.5 Å². The molecule has 118 valence electrons. The number of aryl methyl sites for hydroxylation is 1. The SMILES string of the molecule is CCn1c2ccccc2c2cc(C=CC(=O)OCCO)ccc21. The summed E-state index contributed by atoms with van der Waals surface area (Å²) in [5.41, 5.74) is 3.35. The summed E-state index contributed by atoms with van der Waals surface area (Å²) in [6.45, 7) is 2.90. The highest BCUT2D eigenvalue weighted by molar-refractivity contribution is 6.08. The second-order valence-corrected chi connectivity index (χ2v) is 5.26. The predicted octanol–water partition coefficient (Wildman–Crippen LogP) is 3.36. The second-order valence-electron chi connectivity index (χ2n) is 5.26. The highest BCUT2D eigenvalue weighted by Crippen LogP contribution is 2.29. The molecule has 0 saturated heterocycles. The van der Waals surface area contributed by atoms with Gasteiger partial charge < -0.3 is 14.4 Å². The van der Waals surface area contributed by atoms with Crippen molar-refractivity contribution < 1.29 is 14.6 Å². The number of hydrogen-bond acceptors (Lipinski definition) is 3. The molecule has 1 aromatic heterocycles. The number of benzene rings is 2. The predicted molar refractivity (Wildman–Crippen MR) is 92.2 cm³/mol. The Kier molecular flexibility index (Phi) is 4.44. The molecular formula is C19H19NO3. The van der Waals surface area contributed by atoms with Gasteiger partial charge in [-0.15, -0.1) is 0 Å². The molecule has 0 amide bonds. The van der Waals surface area contributed by atoms with E-state index in [0.29, 0.717) is 0 Å². The lowest BCUT2D eigenvalue weighted by Gasteiger charge is -2.02. The summed E-state index contributed by atoms with van der Waals surface area (Å²) < 4.78 is 7.10. The maximum atomic E-state index is 11.5. The number of rotatable bonds is 5. The van der Waals surface area contributed by atoms with Gasteiger partial charge in [-0.2, -0.15) is 0 Å². The Hall–Kier alpha value is -2.59. The van der Waals surface area contributed by atoms with Crippen molar-refractivity contribution in [2.45, 2.75) is 13.5 Å². The monoisotopic (exact) mass is 309 g/mol. The molecule has 0 radical (unpaired) electrons. The Morgan fingerprint density at radius 3 is 2.74 bits per heavy atom. The molecule has 0 bridgehead atoms. The van der Waals surface area contributed by atoms with Crippen molar-refractivity contribution in [1.29, 1.82) is 0 Å². The van der Waals surface area contributed by atoms with E-state index in [4.69, 9.17) is 9.84 Å². The number of carbonyl (C=O) groups excluding carboxylic acids is 1. The first-order valence-electron chi connectivity index (χ1n) is 7.71. The van der Waals surface area contributed by atoms with Crippen molar-refractivity contribution in [3.05, 3.63) is 54.1 Å². The fourth-order valence-electron chi connectivity index (χ4n) is 2.87. The van der Waals surface area contributed by atoms with Crippen molar-refractivity contribution in [2.75, 3.05) is 13.2 Å². The van der Waals surface area contributed by atoms with E-state index in [1.807, 2.05) is 18.2 Å². The number of fused-ring (bicyclic) bond motifs is 3. The number of para-hydroxylation sites is 1. The lowest BCUT2D eigenvalue weighted by Crippen LogP contribution is -2.04. The van der Waals surface area contributed by atoms with Crippen molar-refractivity contribution in [3.63, 3.8) is 0 Å². The van der Waals surface area contributed by atoms with Crippen molar-refractivity contribution in [2.24, 2.45) is 0 Å². The Bertz CT molecular complexity index is 877. The molecule has 0 saturated carbocycles. The smallest absolute Gasteiger partial charge is 0.330 e. The van der Waals surface area contributed by atoms with Gasteiger partial charge in [-0.25, -0.2) is 4.79 Å². The van der Waals surface area contributed by atoms with Crippen LogP contribution in [0.25, 0.3) is 27.9 Å². The van der Waals surface area contributed by atoms with Crippen LogP contribution in [-0.2, 0) is 16.1 Å². The number of aliphatic hydroxyl groups is 1. The Balaban J connectivity index is 2.00. The summed E-state index contributed by atoms with van der Waals surface area (Å²) in [6.07, 6.45) is 3.12. The van der Waals surface area contributed by atoms with E-state index >= 15 is 0 Å². The lowest BCUT2D eigenvalue weighted by molar-refractivity contribution is -0.138. The summed E-state index contributed by atoms with van der Waals surface area (Å²) in [5.74, 6) is -0.449. The summed E-state index contributed by atoms with van der Waals surface area (Å²) >= 11 is 0. The van der Waals surface area contributed by atoms with Crippen LogP contribution in [0.3, 0.4) is 0 Å². The van der Waals surface area contributed by atoms with Gasteiger partial charge in [0.1, 0.15) is 6.61 Å². The molecule has 4 heteroatoms. The number of ether oxygens (including phenoxy) is 1. The van der Waals surface area contributed by atoms with E-state index in [1.54, 1.807) is 6.08 Å². The van der Waals surface area contributed by atoms with Crippen molar-refractivity contribution >= 4 is 33.9 Å². The highest BCUT2D eigenvalue weighted by atomic mass is 16.5. The summed E-state index contributed by atoms with van der Waals surface area (Å²) in [7, 11) is 0. The number of nitrogens with zero attached hydrogens (tertiary/aromatic N) is 1. The molecule has 0 spiro atoms. The van der Waals surface area contributed by atoms with E-state index in [-0.39, 0.29) is 13.2 Å². The third-order valence-corrected chi connectivity index (χ3v) is 3.86. The van der Waals surface area contributed by atoms with Crippen LogP contribution >= 0.6 is 0 Å². The summed E-state index contributed by atoms with van der Waals surface area (Å²) in [6, 6.07) is 14.5. The van der Waals surface area contributed by atoms with Crippen LogP contribution in [0.4, 0.5) is 0 Å². The van der Waals surface area contributed by atoms with Gasteiger partial charge in [-0.1, -0.05) is 24.3 Å². The molecule has 3 rings (SSSR count). The molecule has 0 atom stereocenters. The Morgan fingerprint density at radius 1 is 1.17 bits per heavy atom. The molecule has 1 N–H and O–H groups in total. The van der Waals surface area contributed by atoms with Crippen LogP contribution in [0.5, 0.6) is 0 Å². The minimum absolute atomic E-state index is 0.0200. The zero-order valence-electron chi connectivity index (χ0n) is 13.0. The molecule has 0 aliphatic heterocycles. The first-order chi connectivity index (χ1) is 11.2. The van der Waals surface area contributed by atoms with Gasteiger partial charge in [0.25, 0.3) is 0 Å². The number of aromatic nitrogens is 1. The van der Waals surface area contributed by atoms with Crippen molar-refractivity contribution in [1.82, 2.24) is 4.57 Å². The maximum absolute atomic E-state index is 11.5. The number of esters is 1. The van der Waals surface area contributed by atoms with Crippen LogP contribution in [0, 0.1) is 0 Å². The molecular weight excluding hydrogens is 290 g/mol. The largest absolute Gasteiger partial charge is 0.460 e. The average molecular weight is 309 g/mol. The topological polar surface area (TPSA) is 51.5 Å². The minimum Gasteiger partial charge on any atom is -0.460 e. The van der Waals surface area contributed by atoms with Gasteiger partial charge in [0.15, 0.2) is 0 Å². The maximum Gasteiger partial charge on any atom is 0.330 e. The molecule has 1 heterocycles. The first-order valence-corrected chi connectivity index (χ1v) is 7.71. The van der Waals surface area contributed by atoms with Gasteiger partial charge in [0.2, 0.25) is 0 Å². The van der Waals surface area contributed by atoms with Gasteiger partial charge in [-0.3, -0.25) is 0 Å². The molecule has 23 heavy (non-hydrogen) atoms. The first kappa shape index (κ1) is 15.3. The second kappa shape index (κ2) is 6.67. The highest BCUT2D eigenvalue weighted by Gasteiger charge is 2.09. The fraction of sp³-hybridized carbons (Fsp3) is 0.211. The molecule has 0 fully saturated rings. The third-order valence-electron chi connectivity index (χ3n) is 3.86. The average Bonchev–Trinajstić information content (AvgIpc) is 2.91. The summed E-state index contributed by atoms with van der Waals surface area (Å²) in [4.78, 5) is 11.5. The zero-order valence-corrected chi connectivity index (χ0v) is 13.0. The number of aliphatic hydroxyl groups excluding tert-OH is 1. The van der Waals surface area contributed by atoms with Gasteiger partial charge >= 0.3 is 5.97 Å². The van der Waals surface area contributed by atoms with Crippen LogP contribution in [-0.4, -0.2) is 28.9 Å². The normalized spacial score (nSPS) is 11.6. The van der Waals surface area contributed by atoms with Crippen LogP contribution < -0.4 is 0 Å². The van der Waals surface area contributed by atoms with Crippen LogP contribution in [0.2, 0.25) is 0 Å². The zero-order chi connectivity index (χ0) is 16.2. The van der Waals surface area contributed by atoms with Crippen LogP contribution in [0.15, 0.2) is 48.5 Å². The van der Waals surface area contributed by atoms with E-state index in [2.05, 4.69) is 35.8 Å². The molecule has 0 aliphatic carbocycles. The summed E-state index contributed by atoms with van der Waals surface area (Å²) in [5, 5.41) is 11.0. The number of hydrogen-bond donors (Lipinski definition) is 1. The van der Waals surface area contributed by atoms with E-state index in [1.165, 1.54) is 27.9 Å². The molecule has 0 unspecified atom stereocenters. The van der Waals surface area contributed by atoms with Crippen molar-refractivity contribution in [3.8, 4) is 0 Å². The van der Waals surface area contributed by atoms with E-state index in [9.17, 15) is 4.79 Å². The van der Waals surface area contributed by atoms with E-state index < -0.39 is 5.97 Å². The molecule has 0 aliphatic rings. The molecule has 3 aromatic rings. The fourth-order valence-corrected chi connectivity index (χ4v) is 2.87. The third kappa shape index (κ3) is 2.98. The van der Waals surface area contributed by atoms with Gasteiger partial charge in [0.05, 0.1) is 6.61 Å². The lowest BCUT2D eigenvalue weighted by atomic mass is 10.1. The molecule has 2 aromatic carbocycles.